The van der Waals surface area contributed by atoms with Gasteiger partial charge in [0.05, 0.1) is 0 Å². The Bertz CT molecular complexity index is 457. The molecule has 1 aromatic carbocycles. The maximum Gasteiger partial charge on any atom is 0.0445 e. The third kappa shape index (κ3) is 4.42. The Morgan fingerprint density at radius 1 is 1.26 bits per heavy atom. The lowest BCUT2D eigenvalue weighted by Gasteiger charge is -2.18. The zero-order chi connectivity index (χ0) is 13.7. The normalized spacial score (nSPS) is 16.5. The summed E-state index contributed by atoms with van der Waals surface area (Å²) in [6.07, 6.45) is 7.40. The highest BCUT2D eigenvalue weighted by molar-refractivity contribution is 9.13. The summed E-state index contributed by atoms with van der Waals surface area (Å²) in [4.78, 5) is 0. The molecule has 0 saturated heterocycles. The van der Waals surface area contributed by atoms with Crippen molar-refractivity contribution in [3.8, 4) is 0 Å². The Labute approximate surface area is 132 Å². The van der Waals surface area contributed by atoms with Crippen molar-refractivity contribution >= 4 is 31.9 Å². The molecule has 0 spiro atoms. The van der Waals surface area contributed by atoms with Crippen LogP contribution in [0.15, 0.2) is 38.8 Å². The predicted octanol–water partition coefficient (Wildman–Crippen LogP) is 4.30. The average molecular weight is 388 g/mol. The lowest BCUT2D eigenvalue weighted by atomic mass is 10.1. The highest BCUT2D eigenvalue weighted by atomic mass is 79.9. The Morgan fingerprint density at radius 2 is 2.11 bits per heavy atom. The molecule has 1 unspecified atom stereocenters. The zero-order valence-electron chi connectivity index (χ0n) is 11.0. The van der Waals surface area contributed by atoms with E-state index in [2.05, 4.69) is 61.5 Å². The average Bonchev–Trinajstić information content (AvgIpc) is 2.91. The van der Waals surface area contributed by atoms with Gasteiger partial charge in [0, 0.05) is 21.5 Å². The van der Waals surface area contributed by atoms with Crippen molar-refractivity contribution in [3.05, 3.63) is 44.4 Å². The minimum Gasteiger partial charge on any atom is -0.329 e. The van der Waals surface area contributed by atoms with Crippen LogP contribution in [0.3, 0.4) is 0 Å². The van der Waals surface area contributed by atoms with E-state index in [-0.39, 0.29) is 6.04 Å². The third-order valence-electron chi connectivity index (χ3n) is 3.55. The molecule has 0 fully saturated rings. The second kappa shape index (κ2) is 7.58. The first kappa shape index (κ1) is 15.2. The molecule has 0 saturated carbocycles. The van der Waals surface area contributed by atoms with Crippen LogP contribution in [0.1, 0.15) is 37.3 Å². The first-order valence-corrected chi connectivity index (χ1v) is 8.35. The van der Waals surface area contributed by atoms with E-state index >= 15 is 0 Å². The van der Waals surface area contributed by atoms with E-state index < -0.39 is 0 Å². The van der Waals surface area contributed by atoms with E-state index in [1.54, 1.807) is 5.57 Å². The van der Waals surface area contributed by atoms with Crippen LogP contribution in [0.2, 0.25) is 0 Å². The maximum atomic E-state index is 5.88. The van der Waals surface area contributed by atoms with Crippen molar-refractivity contribution in [1.82, 2.24) is 5.32 Å². The molecule has 1 atom stereocenters. The number of halogens is 2. The van der Waals surface area contributed by atoms with Crippen molar-refractivity contribution in [2.75, 3.05) is 13.1 Å². The van der Waals surface area contributed by atoms with Gasteiger partial charge in [-0.25, -0.2) is 0 Å². The minimum atomic E-state index is 0.228. The SMILES string of the molecule is NCC(NCCC1=CCCC1)c1ccc(Br)c(Br)c1. The van der Waals surface area contributed by atoms with Gasteiger partial charge in [0.1, 0.15) is 0 Å². The van der Waals surface area contributed by atoms with Crippen LogP contribution in [0, 0.1) is 0 Å². The summed E-state index contributed by atoms with van der Waals surface area (Å²) in [5.74, 6) is 0. The molecule has 2 nitrogen and oxygen atoms in total. The van der Waals surface area contributed by atoms with Crippen molar-refractivity contribution in [3.63, 3.8) is 0 Å². The summed E-state index contributed by atoms with van der Waals surface area (Å²) < 4.78 is 2.15. The lowest BCUT2D eigenvalue weighted by molar-refractivity contribution is 0.542. The van der Waals surface area contributed by atoms with E-state index in [0.717, 1.165) is 21.9 Å². The number of hydrogen-bond donors (Lipinski definition) is 2. The Kier molecular flexibility index (Phi) is 6.07. The molecule has 0 amide bonds. The van der Waals surface area contributed by atoms with Crippen LogP contribution in [-0.4, -0.2) is 13.1 Å². The van der Waals surface area contributed by atoms with Crippen LogP contribution < -0.4 is 11.1 Å². The summed E-state index contributed by atoms with van der Waals surface area (Å²) >= 11 is 7.03. The Hall–Kier alpha value is -0.160. The molecule has 1 aliphatic carbocycles. The van der Waals surface area contributed by atoms with Gasteiger partial charge in [-0.15, -0.1) is 0 Å². The quantitative estimate of drug-likeness (QED) is 0.714. The molecule has 0 radical (unpaired) electrons. The fourth-order valence-electron chi connectivity index (χ4n) is 2.44. The van der Waals surface area contributed by atoms with E-state index in [1.807, 2.05) is 0 Å². The zero-order valence-corrected chi connectivity index (χ0v) is 14.1. The highest BCUT2D eigenvalue weighted by Crippen LogP contribution is 2.26. The molecule has 0 heterocycles. The first-order chi connectivity index (χ1) is 9.20. The molecule has 3 N–H and O–H groups in total. The number of rotatable bonds is 6. The number of hydrogen-bond acceptors (Lipinski definition) is 2. The predicted molar refractivity (Wildman–Crippen MR) is 88.2 cm³/mol. The molecule has 104 valence electrons. The molecule has 2 rings (SSSR count). The van der Waals surface area contributed by atoms with Crippen molar-refractivity contribution in [1.29, 1.82) is 0 Å². The van der Waals surface area contributed by atoms with Crippen molar-refractivity contribution in [2.45, 2.75) is 31.7 Å². The van der Waals surface area contributed by atoms with Gasteiger partial charge in [-0.1, -0.05) is 17.7 Å². The second-order valence-electron chi connectivity index (χ2n) is 4.92. The van der Waals surface area contributed by atoms with Gasteiger partial charge >= 0.3 is 0 Å². The van der Waals surface area contributed by atoms with Crippen LogP contribution in [0.25, 0.3) is 0 Å². The van der Waals surface area contributed by atoms with Gasteiger partial charge in [0.25, 0.3) is 0 Å². The smallest absolute Gasteiger partial charge is 0.0445 e. The second-order valence-corrected chi connectivity index (χ2v) is 6.63. The number of nitrogens with two attached hydrogens (primary N) is 1. The van der Waals surface area contributed by atoms with Crippen LogP contribution in [0.5, 0.6) is 0 Å². The molecule has 19 heavy (non-hydrogen) atoms. The van der Waals surface area contributed by atoms with Gasteiger partial charge in [-0.3, -0.25) is 0 Å². The summed E-state index contributed by atoms with van der Waals surface area (Å²) in [6.45, 7) is 1.62. The molecule has 1 aromatic rings. The molecule has 1 aliphatic rings. The fraction of sp³-hybridized carbons (Fsp3) is 0.467. The number of allylic oxidation sites excluding steroid dienone is 1. The topological polar surface area (TPSA) is 38.0 Å². The lowest BCUT2D eigenvalue weighted by Crippen LogP contribution is -2.29. The van der Waals surface area contributed by atoms with Crippen LogP contribution in [-0.2, 0) is 0 Å². The monoisotopic (exact) mass is 386 g/mol. The van der Waals surface area contributed by atoms with E-state index in [1.165, 1.54) is 24.8 Å². The standard InChI is InChI=1S/C15H20Br2N2/c16-13-6-5-12(9-14(13)17)15(10-18)19-8-7-11-3-1-2-4-11/h3,5-6,9,15,19H,1-2,4,7-8,10,18H2. The third-order valence-corrected chi connectivity index (χ3v) is 5.43. The van der Waals surface area contributed by atoms with Crippen molar-refractivity contribution in [2.24, 2.45) is 5.73 Å². The number of nitrogens with one attached hydrogen (secondary N) is 1. The summed E-state index contributed by atoms with van der Waals surface area (Å²) in [5, 5.41) is 3.56. The minimum absolute atomic E-state index is 0.228. The summed E-state index contributed by atoms with van der Waals surface area (Å²) in [6, 6.07) is 6.53. The van der Waals surface area contributed by atoms with Gasteiger partial charge in [0.2, 0.25) is 0 Å². The summed E-state index contributed by atoms with van der Waals surface area (Å²) in [7, 11) is 0. The summed E-state index contributed by atoms with van der Waals surface area (Å²) in [5.41, 5.74) is 8.71. The molecule has 4 heteroatoms. The van der Waals surface area contributed by atoms with Gasteiger partial charge in [0.15, 0.2) is 0 Å². The first-order valence-electron chi connectivity index (χ1n) is 6.77. The largest absolute Gasteiger partial charge is 0.329 e. The Balaban J connectivity index is 1.89. The van der Waals surface area contributed by atoms with Gasteiger partial charge in [-0.05, 0) is 81.8 Å². The maximum absolute atomic E-state index is 5.88. The highest BCUT2D eigenvalue weighted by Gasteiger charge is 2.11. The van der Waals surface area contributed by atoms with Gasteiger partial charge < -0.3 is 11.1 Å². The molecule has 0 aliphatic heterocycles. The van der Waals surface area contributed by atoms with Crippen molar-refractivity contribution < 1.29 is 0 Å². The van der Waals surface area contributed by atoms with E-state index in [4.69, 9.17) is 5.73 Å². The number of benzene rings is 1. The molecular formula is C15H20Br2N2. The van der Waals surface area contributed by atoms with E-state index in [9.17, 15) is 0 Å². The molecule has 0 bridgehead atoms. The van der Waals surface area contributed by atoms with E-state index in [0.29, 0.717) is 6.54 Å². The molecule has 0 aromatic heterocycles. The molecular weight excluding hydrogens is 368 g/mol. The fourth-order valence-corrected chi connectivity index (χ4v) is 3.08. The Morgan fingerprint density at radius 3 is 2.74 bits per heavy atom. The van der Waals surface area contributed by atoms with Crippen LogP contribution in [0.4, 0.5) is 0 Å². The van der Waals surface area contributed by atoms with Crippen LogP contribution >= 0.6 is 31.9 Å². The van der Waals surface area contributed by atoms with Gasteiger partial charge in [-0.2, -0.15) is 0 Å².